The molecule has 1 unspecified atom stereocenters. The zero-order chi connectivity index (χ0) is 19.9. The summed E-state index contributed by atoms with van der Waals surface area (Å²) in [5, 5.41) is 3.15. The lowest BCUT2D eigenvalue weighted by molar-refractivity contribution is -0.126. The van der Waals surface area contributed by atoms with E-state index in [9.17, 15) is 9.59 Å². The van der Waals surface area contributed by atoms with E-state index in [1.54, 1.807) is 32.4 Å². The van der Waals surface area contributed by atoms with Crippen LogP contribution in [0.15, 0.2) is 57.1 Å². The minimum Gasteiger partial charge on any atom is -0.497 e. The van der Waals surface area contributed by atoms with Gasteiger partial charge in [0.05, 0.1) is 25.8 Å². The van der Waals surface area contributed by atoms with Gasteiger partial charge in [0.25, 0.3) is 5.91 Å². The van der Waals surface area contributed by atoms with Gasteiger partial charge < -0.3 is 14.5 Å². The van der Waals surface area contributed by atoms with Gasteiger partial charge in [0.15, 0.2) is 5.17 Å². The maximum atomic E-state index is 12.4. The van der Waals surface area contributed by atoms with E-state index in [2.05, 4.69) is 15.3 Å². The van der Waals surface area contributed by atoms with Gasteiger partial charge in [0.1, 0.15) is 11.5 Å². The number of nitrogens with one attached hydrogen (secondary N) is 1. The molecule has 28 heavy (non-hydrogen) atoms. The lowest BCUT2D eigenvalue weighted by Crippen LogP contribution is -2.33. The highest BCUT2D eigenvalue weighted by atomic mass is 32.2. The fourth-order valence-corrected chi connectivity index (χ4v) is 3.51. The number of nitrogens with zero attached hydrogens (tertiary/aromatic N) is 2. The third-order valence-electron chi connectivity index (χ3n) is 4.21. The smallest absolute Gasteiger partial charge is 0.257 e. The molecule has 3 rings (SSSR count). The monoisotopic (exact) mass is 399 g/mol. The Balaban J connectivity index is 1.53. The number of carbonyl (C=O) groups excluding carboxylic acids is 2. The summed E-state index contributed by atoms with van der Waals surface area (Å²) in [7, 11) is 1.62. The molecule has 146 valence electrons. The van der Waals surface area contributed by atoms with E-state index in [1.165, 1.54) is 11.8 Å². The first kappa shape index (κ1) is 19.9. The number of rotatable bonds is 7. The first-order valence-electron chi connectivity index (χ1n) is 8.77. The quantitative estimate of drug-likeness (QED) is 0.772. The van der Waals surface area contributed by atoms with E-state index in [4.69, 9.17) is 9.15 Å². The van der Waals surface area contributed by atoms with Gasteiger partial charge in [-0.05, 0) is 36.8 Å². The maximum absolute atomic E-state index is 12.4. The van der Waals surface area contributed by atoms with Crippen LogP contribution in [0, 0.1) is 5.92 Å². The molecule has 1 atom stereocenters. The molecule has 1 N–H and O–H groups in total. The van der Waals surface area contributed by atoms with Crippen LogP contribution in [0.5, 0.6) is 5.75 Å². The Labute approximate surface area is 167 Å². The summed E-state index contributed by atoms with van der Waals surface area (Å²) in [5.74, 6) is 0.843. The topological polar surface area (TPSA) is 93.3 Å². The predicted molar refractivity (Wildman–Crippen MR) is 109 cm³/mol. The number of ether oxygens (including phenoxy) is 1. The first-order valence-corrected chi connectivity index (χ1v) is 9.76. The van der Waals surface area contributed by atoms with Crippen LogP contribution in [0.4, 0.5) is 0 Å². The average Bonchev–Trinajstić information content (AvgIpc) is 3.21. The summed E-state index contributed by atoms with van der Waals surface area (Å²) in [6, 6.07) is 11.2. The zero-order valence-corrected chi connectivity index (χ0v) is 16.5. The Kier molecular flexibility index (Phi) is 6.65. The number of aliphatic imine (C=N–C) groups is 2. The normalized spacial score (nSPS) is 16.4. The summed E-state index contributed by atoms with van der Waals surface area (Å²) < 4.78 is 10.4. The number of thioether (sulfide) groups is 1. The van der Waals surface area contributed by atoms with Gasteiger partial charge in [-0.2, -0.15) is 4.99 Å². The van der Waals surface area contributed by atoms with Crippen LogP contribution in [0.3, 0.4) is 0 Å². The number of methoxy groups -OCH3 is 1. The van der Waals surface area contributed by atoms with E-state index in [0.717, 1.165) is 11.3 Å². The van der Waals surface area contributed by atoms with E-state index >= 15 is 0 Å². The number of amides is 2. The molecule has 1 aromatic heterocycles. The maximum Gasteiger partial charge on any atom is 0.257 e. The van der Waals surface area contributed by atoms with E-state index in [-0.39, 0.29) is 24.8 Å². The fourth-order valence-electron chi connectivity index (χ4n) is 2.67. The van der Waals surface area contributed by atoms with Gasteiger partial charge in [-0.1, -0.05) is 23.9 Å². The lowest BCUT2D eigenvalue weighted by atomic mass is 9.98. The first-order chi connectivity index (χ1) is 13.5. The van der Waals surface area contributed by atoms with Crippen LogP contribution in [-0.4, -0.2) is 29.8 Å². The van der Waals surface area contributed by atoms with E-state index in [1.807, 2.05) is 24.3 Å². The summed E-state index contributed by atoms with van der Waals surface area (Å²) in [5.41, 5.74) is 1.65. The van der Waals surface area contributed by atoms with Crippen molar-refractivity contribution >= 4 is 34.5 Å². The number of benzene rings is 1. The minimum atomic E-state index is -0.627. The van der Waals surface area contributed by atoms with Crippen molar-refractivity contribution in [1.82, 2.24) is 5.32 Å². The molecule has 1 aliphatic rings. The number of carbonyl (C=O) groups is 2. The summed E-state index contributed by atoms with van der Waals surface area (Å²) >= 11 is 1.38. The van der Waals surface area contributed by atoms with Crippen LogP contribution in [0.2, 0.25) is 0 Å². The highest BCUT2D eigenvalue weighted by Gasteiger charge is 2.28. The van der Waals surface area contributed by atoms with Crippen LogP contribution < -0.4 is 10.1 Å². The number of amidine groups is 1. The molecule has 0 fully saturated rings. The number of hydrogen-bond acceptors (Lipinski definition) is 6. The fraction of sp³-hybridized carbons (Fsp3) is 0.300. The summed E-state index contributed by atoms with van der Waals surface area (Å²) in [4.78, 5) is 33.0. The summed E-state index contributed by atoms with van der Waals surface area (Å²) in [6.45, 7) is 2.04. The largest absolute Gasteiger partial charge is 0.497 e. The predicted octanol–water partition coefficient (Wildman–Crippen LogP) is 3.20. The molecule has 2 heterocycles. The molecule has 8 heteroatoms. The third kappa shape index (κ3) is 5.32. The molecule has 0 saturated carbocycles. The number of hydrogen-bond donors (Lipinski definition) is 1. The second-order valence-electron chi connectivity index (χ2n) is 6.24. The minimum absolute atomic E-state index is 0.0200. The SMILES string of the molecule is COc1cccc(CSC2=NC(=O)C(CC(=O)NCc3ccco3)C(C)=N2)c1. The zero-order valence-electron chi connectivity index (χ0n) is 15.7. The molecular weight excluding hydrogens is 378 g/mol. The summed E-state index contributed by atoms with van der Waals surface area (Å²) in [6.07, 6.45) is 1.56. The lowest BCUT2D eigenvalue weighted by Gasteiger charge is -2.17. The molecular formula is C20H21N3O4S. The van der Waals surface area contributed by atoms with Crippen molar-refractivity contribution in [3.8, 4) is 5.75 Å². The molecule has 7 nitrogen and oxygen atoms in total. The molecule has 0 radical (unpaired) electrons. The number of furan rings is 1. The molecule has 0 aliphatic carbocycles. The molecule has 1 aliphatic heterocycles. The molecule has 0 spiro atoms. The Morgan fingerprint density at radius 3 is 2.86 bits per heavy atom. The van der Waals surface area contributed by atoms with Crippen molar-refractivity contribution in [2.45, 2.75) is 25.6 Å². The second kappa shape index (κ2) is 9.36. The van der Waals surface area contributed by atoms with Gasteiger partial charge in [-0.3, -0.25) is 9.59 Å². The highest BCUT2D eigenvalue weighted by molar-refractivity contribution is 8.13. The van der Waals surface area contributed by atoms with Gasteiger partial charge in [-0.25, -0.2) is 4.99 Å². The molecule has 2 amide bonds. The Hall–Kier alpha value is -2.87. The molecule has 0 saturated heterocycles. The Morgan fingerprint density at radius 1 is 1.29 bits per heavy atom. The van der Waals surface area contributed by atoms with Crippen molar-refractivity contribution in [3.05, 3.63) is 54.0 Å². The Morgan fingerprint density at radius 2 is 2.14 bits per heavy atom. The van der Waals surface area contributed by atoms with Crippen molar-refractivity contribution in [2.75, 3.05) is 7.11 Å². The van der Waals surface area contributed by atoms with Crippen LogP contribution in [-0.2, 0) is 21.9 Å². The standard InChI is InChI=1S/C20H21N3O4S/c1-13-17(10-18(24)21-11-16-7-4-8-27-16)19(25)23-20(22-13)28-12-14-5-3-6-15(9-14)26-2/h3-9,17H,10-12H2,1-2H3,(H,21,24). The van der Waals surface area contributed by atoms with Crippen molar-refractivity contribution in [1.29, 1.82) is 0 Å². The van der Waals surface area contributed by atoms with Gasteiger partial charge in [0.2, 0.25) is 5.91 Å². The molecule has 2 aromatic rings. The van der Waals surface area contributed by atoms with Crippen molar-refractivity contribution < 1.29 is 18.7 Å². The average molecular weight is 399 g/mol. The second-order valence-corrected chi connectivity index (χ2v) is 7.18. The van der Waals surface area contributed by atoms with Crippen LogP contribution in [0.1, 0.15) is 24.7 Å². The van der Waals surface area contributed by atoms with E-state index in [0.29, 0.717) is 22.4 Å². The third-order valence-corrected chi connectivity index (χ3v) is 5.13. The van der Waals surface area contributed by atoms with Crippen LogP contribution >= 0.6 is 11.8 Å². The molecule has 0 bridgehead atoms. The van der Waals surface area contributed by atoms with E-state index < -0.39 is 5.92 Å². The molecule has 1 aromatic carbocycles. The van der Waals surface area contributed by atoms with Gasteiger partial charge in [0, 0.05) is 17.9 Å². The van der Waals surface area contributed by atoms with Crippen LogP contribution in [0.25, 0.3) is 0 Å². The highest BCUT2D eigenvalue weighted by Crippen LogP contribution is 2.23. The van der Waals surface area contributed by atoms with Gasteiger partial charge >= 0.3 is 0 Å². The van der Waals surface area contributed by atoms with Crippen molar-refractivity contribution in [2.24, 2.45) is 15.9 Å². The van der Waals surface area contributed by atoms with Gasteiger partial charge in [-0.15, -0.1) is 0 Å². The Bertz CT molecular complexity index is 906. The van der Waals surface area contributed by atoms with Crippen molar-refractivity contribution in [3.63, 3.8) is 0 Å².